The highest BCUT2D eigenvalue weighted by molar-refractivity contribution is 5.95. The molecule has 0 bridgehead atoms. The van der Waals surface area contributed by atoms with Gasteiger partial charge in [0.1, 0.15) is 30.3 Å². The van der Waals surface area contributed by atoms with Crippen LogP contribution < -0.4 is 21.7 Å². The first-order valence-electron chi connectivity index (χ1n) is 19.8. The number of primary amides is 1. The van der Waals surface area contributed by atoms with Crippen LogP contribution in [-0.2, 0) is 38.3 Å². The topological polar surface area (TPSA) is 213 Å². The minimum absolute atomic E-state index is 0.0174. The molecule has 5 atom stereocenters. The van der Waals surface area contributed by atoms with Gasteiger partial charge in [0.15, 0.2) is 0 Å². The number of pyridine rings is 1. The number of piperidine rings is 1. The summed E-state index contributed by atoms with van der Waals surface area (Å²) in [5, 5.41) is 7.86. The van der Waals surface area contributed by atoms with E-state index in [2.05, 4.69) is 40.0 Å². The highest BCUT2D eigenvalue weighted by atomic mass is 16.5. The monoisotopic (exact) mass is 794 g/mol. The van der Waals surface area contributed by atoms with Gasteiger partial charge in [0, 0.05) is 37.7 Å². The van der Waals surface area contributed by atoms with Gasteiger partial charge in [-0.3, -0.25) is 33.8 Å². The molecule has 4 fully saturated rings. The second-order valence-corrected chi connectivity index (χ2v) is 13.8. The van der Waals surface area contributed by atoms with Gasteiger partial charge in [-0.05, 0) is 84.9 Å². The first-order valence-corrected chi connectivity index (χ1v) is 19.8. The standard InChI is InChI=1S/C23H34N4O6.C7H8.C6H6N2O.C3H8N2O.C2H6/c1-14-13-19(28)25-11-5-8-17(25)22(31)26-10-4-3-7-16(26)20(29)24-15(2)21(30)27-12-6-9-18(27)23(32)33-14;1-7-5-3-2-4-6-7;9-5-8-6-1-3-7-4-2-6;1-5-2-3(4)6;1-2/h14-18H,3-13H2,1-2H3,(H,24,29);2-6H,1H3;1-5H,(H,7,8,9);5H,2H2,1H3,(H2,4,6);1-2H3. The number of nitrogens with one attached hydrogen (secondary N) is 3. The number of likely N-dealkylation sites (N-methyl/N-ethyl adjacent to an activating group) is 1. The van der Waals surface area contributed by atoms with Crippen molar-refractivity contribution in [1.29, 1.82) is 0 Å². The van der Waals surface area contributed by atoms with Crippen molar-refractivity contribution in [3.05, 3.63) is 60.4 Å². The molecule has 5 unspecified atom stereocenters. The third kappa shape index (κ3) is 15.6. The molecule has 0 aliphatic carbocycles. The number of aromatic nitrogens is 1. The molecule has 0 saturated carbocycles. The van der Waals surface area contributed by atoms with Crippen LogP contribution in [0.5, 0.6) is 0 Å². The fraction of sp³-hybridized carbons (Fsp3) is 0.561. The van der Waals surface area contributed by atoms with Crippen molar-refractivity contribution >= 4 is 47.6 Å². The van der Waals surface area contributed by atoms with Gasteiger partial charge in [-0.1, -0.05) is 49.7 Å². The summed E-state index contributed by atoms with van der Waals surface area (Å²) in [5.41, 5.74) is 6.79. The lowest BCUT2D eigenvalue weighted by Gasteiger charge is -2.38. The van der Waals surface area contributed by atoms with Crippen molar-refractivity contribution in [2.45, 2.75) is 116 Å². The number of carbonyl (C=O) groups is 7. The lowest BCUT2D eigenvalue weighted by atomic mass is 9.99. The molecule has 6 amide bonds. The van der Waals surface area contributed by atoms with E-state index in [0.29, 0.717) is 58.1 Å². The van der Waals surface area contributed by atoms with Gasteiger partial charge in [-0.2, -0.15) is 0 Å². The van der Waals surface area contributed by atoms with E-state index in [-0.39, 0.29) is 42.5 Å². The number of nitrogens with zero attached hydrogens (tertiary/aromatic N) is 4. The lowest BCUT2D eigenvalue weighted by Crippen LogP contribution is -2.59. The second-order valence-electron chi connectivity index (χ2n) is 13.8. The van der Waals surface area contributed by atoms with Gasteiger partial charge < -0.3 is 41.1 Å². The van der Waals surface area contributed by atoms with Crippen molar-refractivity contribution in [2.75, 3.05) is 38.5 Å². The maximum Gasteiger partial charge on any atom is 0.329 e. The van der Waals surface area contributed by atoms with Crippen LogP contribution in [-0.4, -0.2) is 125 Å². The summed E-state index contributed by atoms with van der Waals surface area (Å²) in [6.07, 6.45) is 7.75. The molecule has 5 N–H and O–H groups in total. The zero-order chi connectivity index (χ0) is 42.3. The quantitative estimate of drug-likeness (QED) is 0.262. The van der Waals surface area contributed by atoms with Crippen LogP contribution in [0.3, 0.4) is 0 Å². The van der Waals surface area contributed by atoms with Gasteiger partial charge >= 0.3 is 5.97 Å². The normalized spacial score (nSPS) is 23.4. The molecule has 4 aliphatic heterocycles. The average molecular weight is 795 g/mol. The van der Waals surface area contributed by atoms with Gasteiger partial charge in [0.25, 0.3) is 0 Å². The molecule has 0 radical (unpaired) electrons. The molecule has 57 heavy (non-hydrogen) atoms. The van der Waals surface area contributed by atoms with Crippen LogP contribution in [0.25, 0.3) is 0 Å². The summed E-state index contributed by atoms with van der Waals surface area (Å²) in [5.74, 6) is -2.00. The van der Waals surface area contributed by atoms with Crippen LogP contribution in [0.4, 0.5) is 5.69 Å². The van der Waals surface area contributed by atoms with Gasteiger partial charge in [-0.15, -0.1) is 0 Å². The van der Waals surface area contributed by atoms with Crippen LogP contribution >= 0.6 is 0 Å². The third-order valence-electron chi connectivity index (χ3n) is 9.46. The number of hydrogen-bond acceptors (Lipinski definition) is 10. The van der Waals surface area contributed by atoms with Crippen molar-refractivity contribution < 1.29 is 38.3 Å². The Balaban J connectivity index is 0.000000376. The predicted molar refractivity (Wildman–Crippen MR) is 216 cm³/mol. The number of nitrogens with two attached hydrogens (primary N) is 1. The number of ether oxygens (including phenoxy) is 1. The summed E-state index contributed by atoms with van der Waals surface area (Å²) >= 11 is 0. The van der Waals surface area contributed by atoms with E-state index in [1.807, 2.05) is 32.0 Å². The number of aryl methyl sites for hydroxylation is 1. The number of rotatable bonds is 4. The van der Waals surface area contributed by atoms with E-state index in [9.17, 15) is 33.6 Å². The van der Waals surface area contributed by atoms with Crippen molar-refractivity contribution in [2.24, 2.45) is 5.73 Å². The average Bonchev–Trinajstić information content (AvgIpc) is 3.91. The highest BCUT2D eigenvalue weighted by Gasteiger charge is 2.43. The largest absolute Gasteiger partial charge is 0.461 e. The Morgan fingerprint density at radius 3 is 1.98 bits per heavy atom. The minimum Gasteiger partial charge on any atom is -0.461 e. The number of carbonyl (C=O) groups excluding carboxylic acids is 7. The van der Waals surface area contributed by atoms with Crippen molar-refractivity contribution in [3.63, 3.8) is 0 Å². The van der Waals surface area contributed by atoms with Gasteiger partial charge in [0.05, 0.1) is 13.0 Å². The van der Waals surface area contributed by atoms with E-state index in [1.165, 1.54) is 10.5 Å². The van der Waals surface area contributed by atoms with Crippen LogP contribution in [0.1, 0.15) is 84.6 Å². The minimum atomic E-state index is -0.820. The van der Waals surface area contributed by atoms with E-state index >= 15 is 0 Å². The van der Waals surface area contributed by atoms with Crippen LogP contribution in [0.2, 0.25) is 0 Å². The van der Waals surface area contributed by atoms with Crippen molar-refractivity contribution in [1.82, 2.24) is 30.3 Å². The van der Waals surface area contributed by atoms with E-state index in [0.717, 1.165) is 18.5 Å². The molecule has 1 aromatic carbocycles. The summed E-state index contributed by atoms with van der Waals surface area (Å²) in [7, 11) is 1.67. The smallest absolute Gasteiger partial charge is 0.329 e. The number of amides is 6. The molecule has 6 rings (SSSR count). The van der Waals surface area contributed by atoms with Crippen LogP contribution in [0, 0.1) is 6.92 Å². The molecule has 16 nitrogen and oxygen atoms in total. The molecule has 0 spiro atoms. The Hall–Kier alpha value is -5.38. The molecular formula is C41H62N8O8. The number of cyclic esters (lactones) is 1. The molecule has 1 aromatic heterocycles. The number of benzene rings is 1. The Labute approximate surface area is 336 Å². The number of fused-ring (bicyclic) bond motifs is 3. The summed E-state index contributed by atoms with van der Waals surface area (Å²) in [6.45, 7) is 11.0. The SMILES string of the molecule is CC.CC1CC(=O)N2CCCC2C(=O)N2CCCCC2C(=O)NC(C)C(=O)N2CCCC2C(=O)O1.CNCC(N)=O.Cc1ccccc1.O=CNc1ccncc1. The number of hydrogen-bond donors (Lipinski definition) is 4. The Morgan fingerprint density at radius 1 is 0.842 bits per heavy atom. The Bertz CT molecular complexity index is 1580. The lowest BCUT2D eigenvalue weighted by molar-refractivity contribution is -0.160. The van der Waals surface area contributed by atoms with E-state index in [1.54, 1.807) is 55.2 Å². The summed E-state index contributed by atoms with van der Waals surface area (Å²) in [4.78, 5) is 93.5. The molecule has 4 saturated heterocycles. The van der Waals surface area contributed by atoms with Gasteiger partial charge in [-0.25, -0.2) is 4.79 Å². The number of esters is 1. The van der Waals surface area contributed by atoms with Crippen molar-refractivity contribution in [3.8, 4) is 0 Å². The highest BCUT2D eigenvalue weighted by Crippen LogP contribution is 2.27. The summed E-state index contributed by atoms with van der Waals surface area (Å²) in [6, 6.07) is 10.9. The molecule has 16 heteroatoms. The zero-order valence-electron chi connectivity index (χ0n) is 34.3. The molecule has 4 aliphatic rings. The Morgan fingerprint density at radius 2 is 1.42 bits per heavy atom. The first-order chi connectivity index (χ1) is 27.4. The maximum absolute atomic E-state index is 13.5. The van der Waals surface area contributed by atoms with E-state index in [4.69, 9.17) is 10.5 Å². The molecule has 2 aromatic rings. The number of anilines is 1. The second kappa shape index (κ2) is 25.7. The maximum atomic E-state index is 13.5. The predicted octanol–water partition coefficient (Wildman–Crippen LogP) is 2.55. The Kier molecular flexibility index (Phi) is 21.6. The third-order valence-corrected chi connectivity index (χ3v) is 9.46. The van der Waals surface area contributed by atoms with Crippen LogP contribution in [0.15, 0.2) is 54.9 Å². The fourth-order valence-corrected chi connectivity index (χ4v) is 6.78. The van der Waals surface area contributed by atoms with Gasteiger partial charge in [0.2, 0.25) is 35.9 Å². The van der Waals surface area contributed by atoms with E-state index < -0.39 is 36.2 Å². The summed E-state index contributed by atoms with van der Waals surface area (Å²) < 4.78 is 5.54. The fourth-order valence-electron chi connectivity index (χ4n) is 6.78. The molecule has 5 heterocycles. The zero-order valence-corrected chi connectivity index (χ0v) is 34.3. The molecular weight excluding hydrogens is 732 g/mol. The molecule has 314 valence electrons. The first kappa shape index (κ1) is 47.8.